The number of aliphatic carboxylic acids is 1. The summed E-state index contributed by atoms with van der Waals surface area (Å²) in [5.74, 6) is -0.290. The van der Waals surface area contributed by atoms with Crippen LogP contribution in [0.1, 0.15) is 17.5 Å². The highest BCUT2D eigenvalue weighted by atomic mass is 35.5. The predicted molar refractivity (Wildman–Crippen MR) is 102 cm³/mol. The zero-order chi connectivity index (χ0) is 18.0. The third-order valence-corrected chi connectivity index (χ3v) is 4.44. The minimum Gasteiger partial charge on any atom is -0.497 e. The summed E-state index contributed by atoms with van der Waals surface area (Å²) in [5, 5.41) is 12.9. The summed E-state index contributed by atoms with van der Waals surface area (Å²) in [5.41, 5.74) is 3.01. The van der Waals surface area contributed by atoms with Crippen LogP contribution in [0.15, 0.2) is 47.5 Å². The number of halogens is 1. The maximum Gasteiger partial charge on any atom is 0.305 e. The van der Waals surface area contributed by atoms with Crippen molar-refractivity contribution in [3.63, 3.8) is 0 Å². The molecule has 0 bridgehead atoms. The van der Waals surface area contributed by atoms with Crippen LogP contribution in [0.25, 0.3) is 0 Å². The summed E-state index contributed by atoms with van der Waals surface area (Å²) in [7, 11) is 1.59. The van der Waals surface area contributed by atoms with E-state index in [1.54, 1.807) is 19.2 Å². The second-order valence-electron chi connectivity index (χ2n) is 5.50. The second kappa shape index (κ2) is 7.21. The number of fused-ring (bicyclic) bond motifs is 1. The van der Waals surface area contributed by atoms with E-state index in [1.807, 2.05) is 30.3 Å². The monoisotopic (exact) mass is 374 g/mol. The Kier molecular flexibility index (Phi) is 5.01. The van der Waals surface area contributed by atoms with Crippen LogP contribution in [0.4, 0.5) is 5.69 Å². The molecule has 0 spiro atoms. The fourth-order valence-electron chi connectivity index (χ4n) is 2.60. The van der Waals surface area contributed by atoms with Crippen LogP contribution in [0, 0.1) is 0 Å². The number of benzodiazepines with no additional fused rings is 1. The molecule has 2 aromatic carbocycles. The molecule has 1 aliphatic heterocycles. The molecule has 1 aliphatic rings. The first-order chi connectivity index (χ1) is 12.0. The van der Waals surface area contributed by atoms with E-state index in [2.05, 4.69) is 10.3 Å². The average Bonchev–Trinajstić information content (AvgIpc) is 2.72. The number of hydrogen-bond donors (Lipinski definition) is 2. The number of carboxylic acids is 1. The predicted octanol–water partition coefficient (Wildman–Crippen LogP) is 3.78. The molecule has 5 nitrogen and oxygen atoms in total. The molecule has 0 fully saturated rings. The third kappa shape index (κ3) is 3.81. The van der Waals surface area contributed by atoms with Crippen molar-refractivity contribution in [2.24, 2.45) is 4.99 Å². The van der Waals surface area contributed by atoms with Gasteiger partial charge in [0.25, 0.3) is 0 Å². The Bertz CT molecular complexity index is 865. The highest BCUT2D eigenvalue weighted by molar-refractivity contribution is 7.80. The molecule has 2 aromatic rings. The van der Waals surface area contributed by atoms with Gasteiger partial charge < -0.3 is 15.2 Å². The standard InChI is InChI=1S/C18H15ClN2O3S/c1-24-12-6-7-14-13(8-12)17(10-2-4-11(19)5-3-10)20-15(9-16(22)23)18(25)21-14/h2-8,15H,9H2,1H3,(H,21,25)(H,22,23). The number of nitrogens with one attached hydrogen (secondary N) is 1. The normalized spacial score (nSPS) is 16.3. The highest BCUT2D eigenvalue weighted by Gasteiger charge is 2.25. The minimum absolute atomic E-state index is 0.186. The number of anilines is 1. The molecule has 1 heterocycles. The lowest BCUT2D eigenvalue weighted by Gasteiger charge is -2.12. The molecule has 0 saturated heterocycles. The van der Waals surface area contributed by atoms with E-state index < -0.39 is 12.0 Å². The van der Waals surface area contributed by atoms with Gasteiger partial charge >= 0.3 is 5.97 Å². The van der Waals surface area contributed by atoms with Gasteiger partial charge in [-0.3, -0.25) is 9.79 Å². The first-order valence-corrected chi connectivity index (χ1v) is 8.31. The Morgan fingerprint density at radius 2 is 2.04 bits per heavy atom. The van der Waals surface area contributed by atoms with Crippen molar-refractivity contribution in [1.82, 2.24) is 0 Å². The van der Waals surface area contributed by atoms with E-state index in [0.29, 0.717) is 21.5 Å². The molecule has 0 aliphatic carbocycles. The van der Waals surface area contributed by atoms with E-state index in [1.165, 1.54) is 0 Å². The Morgan fingerprint density at radius 3 is 2.68 bits per heavy atom. The fourth-order valence-corrected chi connectivity index (χ4v) is 2.97. The molecular weight excluding hydrogens is 360 g/mol. The molecule has 0 radical (unpaired) electrons. The van der Waals surface area contributed by atoms with Crippen LogP contribution in [-0.2, 0) is 4.79 Å². The highest BCUT2D eigenvalue weighted by Crippen LogP contribution is 2.29. The quantitative estimate of drug-likeness (QED) is 0.797. The molecule has 0 saturated carbocycles. The summed E-state index contributed by atoms with van der Waals surface area (Å²) in [6.07, 6.45) is -0.186. The van der Waals surface area contributed by atoms with E-state index in [-0.39, 0.29) is 6.42 Å². The molecule has 0 amide bonds. The van der Waals surface area contributed by atoms with Gasteiger partial charge in [-0.15, -0.1) is 0 Å². The molecule has 1 unspecified atom stereocenters. The average molecular weight is 375 g/mol. The van der Waals surface area contributed by atoms with Crippen LogP contribution in [0.2, 0.25) is 5.02 Å². The minimum atomic E-state index is -0.961. The van der Waals surface area contributed by atoms with Gasteiger partial charge in [0.1, 0.15) is 16.8 Å². The summed E-state index contributed by atoms with van der Waals surface area (Å²) in [4.78, 5) is 16.2. The second-order valence-corrected chi connectivity index (χ2v) is 6.38. The summed E-state index contributed by atoms with van der Waals surface area (Å²) >= 11 is 11.3. The lowest BCUT2D eigenvalue weighted by Crippen LogP contribution is -2.26. The van der Waals surface area contributed by atoms with Crippen LogP contribution in [0.5, 0.6) is 5.75 Å². The van der Waals surface area contributed by atoms with Crippen molar-refractivity contribution in [3.8, 4) is 5.75 Å². The van der Waals surface area contributed by atoms with Gasteiger partial charge in [-0.2, -0.15) is 0 Å². The zero-order valence-corrected chi connectivity index (χ0v) is 14.9. The number of hydrogen-bond acceptors (Lipinski definition) is 4. The Hall–Kier alpha value is -2.44. The van der Waals surface area contributed by atoms with Gasteiger partial charge in [-0.05, 0) is 30.3 Å². The van der Waals surface area contributed by atoms with Gasteiger partial charge in [0.15, 0.2) is 0 Å². The van der Waals surface area contributed by atoms with Gasteiger partial charge in [0, 0.05) is 21.8 Å². The molecule has 25 heavy (non-hydrogen) atoms. The van der Waals surface area contributed by atoms with Crippen LogP contribution in [-0.4, -0.2) is 34.9 Å². The number of aliphatic imine (C=N–C) groups is 1. The van der Waals surface area contributed by atoms with Crippen LogP contribution < -0.4 is 10.1 Å². The first kappa shape index (κ1) is 17.4. The number of ether oxygens (including phenoxy) is 1. The van der Waals surface area contributed by atoms with Crippen molar-refractivity contribution < 1.29 is 14.6 Å². The topological polar surface area (TPSA) is 70.9 Å². The Balaban J connectivity index is 2.18. The summed E-state index contributed by atoms with van der Waals surface area (Å²) in [6.45, 7) is 0. The van der Waals surface area contributed by atoms with Gasteiger partial charge in [-0.25, -0.2) is 0 Å². The molecule has 7 heteroatoms. The van der Waals surface area contributed by atoms with E-state index >= 15 is 0 Å². The lowest BCUT2D eigenvalue weighted by molar-refractivity contribution is -0.137. The Morgan fingerprint density at radius 1 is 1.32 bits per heavy atom. The van der Waals surface area contributed by atoms with Crippen LogP contribution >= 0.6 is 23.8 Å². The van der Waals surface area contributed by atoms with E-state index in [0.717, 1.165) is 16.8 Å². The molecule has 3 rings (SSSR count). The van der Waals surface area contributed by atoms with Crippen molar-refractivity contribution >= 4 is 46.2 Å². The Labute approximate surface area is 155 Å². The number of rotatable bonds is 4. The van der Waals surface area contributed by atoms with E-state index in [4.69, 9.17) is 28.6 Å². The van der Waals surface area contributed by atoms with Crippen LogP contribution in [0.3, 0.4) is 0 Å². The number of thiocarbonyl (C=S) groups is 1. The molecular formula is C18H15ClN2O3S. The molecule has 2 N–H and O–H groups in total. The molecule has 1 atom stereocenters. The molecule has 128 valence electrons. The first-order valence-electron chi connectivity index (χ1n) is 7.52. The summed E-state index contributed by atoms with van der Waals surface area (Å²) in [6, 6.07) is 12.1. The largest absolute Gasteiger partial charge is 0.497 e. The lowest BCUT2D eigenvalue weighted by atomic mass is 10.00. The SMILES string of the molecule is COc1ccc2c(c1)C(c1ccc(Cl)cc1)=NC(CC(=O)O)C(=S)N2. The third-order valence-electron chi connectivity index (χ3n) is 3.81. The van der Waals surface area contributed by atoms with Gasteiger partial charge in [0.05, 0.1) is 19.2 Å². The van der Waals surface area contributed by atoms with E-state index in [9.17, 15) is 9.90 Å². The number of carbonyl (C=O) groups is 1. The van der Waals surface area contributed by atoms with Crippen molar-refractivity contribution in [3.05, 3.63) is 58.6 Å². The van der Waals surface area contributed by atoms with Gasteiger partial charge in [0.2, 0.25) is 0 Å². The smallest absolute Gasteiger partial charge is 0.305 e. The summed E-state index contributed by atoms with van der Waals surface area (Å²) < 4.78 is 5.31. The van der Waals surface area contributed by atoms with Crippen molar-refractivity contribution in [2.75, 3.05) is 12.4 Å². The zero-order valence-electron chi connectivity index (χ0n) is 13.3. The van der Waals surface area contributed by atoms with Crippen molar-refractivity contribution in [2.45, 2.75) is 12.5 Å². The van der Waals surface area contributed by atoms with Crippen molar-refractivity contribution in [1.29, 1.82) is 0 Å². The number of carboxylic acid groups (broad SMARTS) is 1. The fraction of sp³-hybridized carbons (Fsp3) is 0.167. The maximum atomic E-state index is 11.2. The molecule has 0 aromatic heterocycles. The maximum absolute atomic E-state index is 11.2. The number of methoxy groups -OCH3 is 1. The number of benzene rings is 2. The number of nitrogens with zero attached hydrogens (tertiary/aromatic N) is 1. The van der Waals surface area contributed by atoms with Gasteiger partial charge in [-0.1, -0.05) is 36.0 Å².